The van der Waals surface area contributed by atoms with Crippen LogP contribution in [0.15, 0.2) is 0 Å². The Hall–Kier alpha value is -1.26. The molecule has 1 unspecified atom stereocenters. The largest absolute Gasteiger partial charge is 0.481 e. The van der Waals surface area contributed by atoms with Gasteiger partial charge in [0.2, 0.25) is 0 Å². The van der Waals surface area contributed by atoms with Crippen molar-refractivity contribution in [3.8, 4) is 0 Å². The molecule has 2 amide bonds. The maximum Gasteiger partial charge on any atom is 0.315 e. The molecule has 0 aromatic rings. The minimum Gasteiger partial charge on any atom is -0.481 e. The molecule has 0 aliphatic heterocycles. The van der Waals surface area contributed by atoms with Gasteiger partial charge in [-0.2, -0.15) is 0 Å². The molecule has 21 heavy (non-hydrogen) atoms. The molecule has 0 radical (unpaired) electrons. The summed E-state index contributed by atoms with van der Waals surface area (Å²) in [7, 11) is 0. The summed E-state index contributed by atoms with van der Waals surface area (Å²) in [4.78, 5) is 22.3. The van der Waals surface area contributed by atoms with Gasteiger partial charge in [-0.15, -0.1) is 0 Å². The van der Waals surface area contributed by atoms with Gasteiger partial charge in [-0.25, -0.2) is 4.79 Å². The first-order chi connectivity index (χ1) is 10.0. The van der Waals surface area contributed by atoms with Gasteiger partial charge in [0, 0.05) is 19.0 Å². The predicted octanol–water partition coefficient (Wildman–Crippen LogP) is 3.15. The number of carbonyl (C=O) groups is 2. The fourth-order valence-corrected chi connectivity index (χ4v) is 2.90. The van der Waals surface area contributed by atoms with Crippen LogP contribution in [0, 0.1) is 11.8 Å². The van der Waals surface area contributed by atoms with Crippen LogP contribution in [0.4, 0.5) is 4.79 Å². The Morgan fingerprint density at radius 2 is 1.86 bits per heavy atom. The van der Waals surface area contributed by atoms with Crippen molar-refractivity contribution < 1.29 is 14.7 Å². The van der Waals surface area contributed by atoms with Crippen molar-refractivity contribution in [2.45, 2.75) is 71.3 Å². The van der Waals surface area contributed by atoms with E-state index < -0.39 is 5.97 Å². The van der Waals surface area contributed by atoms with Gasteiger partial charge in [0.25, 0.3) is 0 Å². The van der Waals surface area contributed by atoms with Gasteiger partial charge in [0.05, 0.1) is 0 Å². The lowest BCUT2D eigenvalue weighted by molar-refractivity contribution is -0.137. The molecule has 1 fully saturated rings. The van der Waals surface area contributed by atoms with Gasteiger partial charge in [-0.1, -0.05) is 20.3 Å². The van der Waals surface area contributed by atoms with Crippen LogP contribution in [0.25, 0.3) is 0 Å². The first kappa shape index (κ1) is 17.8. The summed E-state index contributed by atoms with van der Waals surface area (Å²) in [5, 5.41) is 14.5. The van der Waals surface area contributed by atoms with Gasteiger partial charge in [-0.3, -0.25) is 4.79 Å². The quantitative estimate of drug-likeness (QED) is 0.644. The van der Waals surface area contributed by atoms with Crippen LogP contribution in [0.3, 0.4) is 0 Å². The number of rotatable bonds is 8. The molecule has 1 aliphatic carbocycles. The molecule has 0 saturated heterocycles. The van der Waals surface area contributed by atoms with Crippen molar-refractivity contribution >= 4 is 12.0 Å². The topological polar surface area (TPSA) is 78.4 Å². The minimum absolute atomic E-state index is 0.0830. The van der Waals surface area contributed by atoms with Crippen LogP contribution in [0.2, 0.25) is 0 Å². The average molecular weight is 298 g/mol. The van der Waals surface area contributed by atoms with Crippen molar-refractivity contribution in [3.63, 3.8) is 0 Å². The Kier molecular flexibility index (Phi) is 8.16. The highest BCUT2D eigenvalue weighted by molar-refractivity contribution is 5.74. The van der Waals surface area contributed by atoms with Gasteiger partial charge < -0.3 is 15.7 Å². The Labute approximate surface area is 127 Å². The third-order valence-electron chi connectivity index (χ3n) is 4.53. The van der Waals surface area contributed by atoms with Crippen LogP contribution < -0.4 is 10.6 Å². The fraction of sp³-hybridized carbons (Fsp3) is 0.875. The molecule has 1 saturated carbocycles. The summed E-state index contributed by atoms with van der Waals surface area (Å²) in [6.45, 7) is 4.86. The highest BCUT2D eigenvalue weighted by Crippen LogP contribution is 2.26. The van der Waals surface area contributed by atoms with E-state index >= 15 is 0 Å². The third kappa shape index (κ3) is 7.93. The molecule has 0 heterocycles. The second-order valence-electron chi connectivity index (χ2n) is 6.35. The number of amides is 2. The molecule has 1 aliphatic rings. The molecule has 3 N–H and O–H groups in total. The van der Waals surface area contributed by atoms with Crippen molar-refractivity contribution in [3.05, 3.63) is 0 Å². The van der Waals surface area contributed by atoms with Crippen molar-refractivity contribution in [2.75, 3.05) is 6.54 Å². The van der Waals surface area contributed by atoms with Crippen LogP contribution >= 0.6 is 0 Å². The molecule has 1 rings (SSSR count). The van der Waals surface area contributed by atoms with E-state index in [0.717, 1.165) is 25.2 Å². The van der Waals surface area contributed by atoms with E-state index in [9.17, 15) is 9.59 Å². The highest BCUT2D eigenvalue weighted by atomic mass is 16.4. The molecule has 0 aromatic carbocycles. The van der Waals surface area contributed by atoms with Crippen molar-refractivity contribution in [1.82, 2.24) is 10.6 Å². The van der Waals surface area contributed by atoms with E-state index in [1.807, 2.05) is 6.92 Å². The maximum absolute atomic E-state index is 11.8. The number of carboxylic acids is 1. The van der Waals surface area contributed by atoms with Gasteiger partial charge in [0.15, 0.2) is 0 Å². The van der Waals surface area contributed by atoms with Crippen molar-refractivity contribution in [2.24, 2.45) is 11.8 Å². The SMILES string of the molecule is CCC1CCC(NC(=O)NCCC(C)CCC(=O)O)CC1. The van der Waals surface area contributed by atoms with Gasteiger partial charge >= 0.3 is 12.0 Å². The summed E-state index contributed by atoms with van der Waals surface area (Å²) in [6, 6.07) is 0.234. The second kappa shape index (κ2) is 9.64. The molecule has 122 valence electrons. The van der Waals surface area contributed by atoms with E-state index in [4.69, 9.17) is 5.11 Å². The van der Waals surface area contributed by atoms with Crippen LogP contribution in [0.5, 0.6) is 0 Å². The van der Waals surface area contributed by atoms with E-state index in [2.05, 4.69) is 17.6 Å². The fourth-order valence-electron chi connectivity index (χ4n) is 2.90. The van der Waals surface area contributed by atoms with Crippen LogP contribution in [-0.2, 0) is 4.79 Å². The second-order valence-corrected chi connectivity index (χ2v) is 6.35. The number of carbonyl (C=O) groups excluding carboxylic acids is 1. The molecule has 5 heteroatoms. The summed E-state index contributed by atoms with van der Waals surface area (Å²) in [5.74, 6) is 0.401. The molecule has 0 aromatic heterocycles. The smallest absolute Gasteiger partial charge is 0.315 e. The molecule has 1 atom stereocenters. The van der Waals surface area contributed by atoms with E-state index in [-0.39, 0.29) is 12.5 Å². The zero-order valence-corrected chi connectivity index (χ0v) is 13.4. The summed E-state index contributed by atoms with van der Waals surface area (Å²) < 4.78 is 0. The lowest BCUT2D eigenvalue weighted by atomic mass is 9.85. The first-order valence-corrected chi connectivity index (χ1v) is 8.27. The Bertz CT molecular complexity index is 325. The Morgan fingerprint density at radius 3 is 2.43 bits per heavy atom. The van der Waals surface area contributed by atoms with E-state index in [1.54, 1.807) is 0 Å². The zero-order valence-electron chi connectivity index (χ0n) is 13.4. The van der Waals surface area contributed by atoms with Crippen molar-refractivity contribution in [1.29, 1.82) is 0 Å². The summed E-state index contributed by atoms with van der Waals surface area (Å²) in [6.07, 6.45) is 7.54. The lowest BCUT2D eigenvalue weighted by Gasteiger charge is -2.28. The lowest BCUT2D eigenvalue weighted by Crippen LogP contribution is -2.44. The number of aliphatic carboxylic acids is 1. The monoisotopic (exact) mass is 298 g/mol. The number of urea groups is 1. The van der Waals surface area contributed by atoms with Crippen LogP contribution in [0.1, 0.15) is 65.2 Å². The van der Waals surface area contributed by atoms with E-state index in [1.165, 1.54) is 19.3 Å². The average Bonchev–Trinajstić information content (AvgIpc) is 2.46. The molecule has 0 spiro atoms. The van der Waals surface area contributed by atoms with Gasteiger partial charge in [0.1, 0.15) is 0 Å². The predicted molar refractivity (Wildman–Crippen MR) is 83.2 cm³/mol. The highest BCUT2D eigenvalue weighted by Gasteiger charge is 2.21. The van der Waals surface area contributed by atoms with Gasteiger partial charge in [-0.05, 0) is 50.4 Å². The molecular formula is C16H30N2O3. The minimum atomic E-state index is -0.754. The molecule has 5 nitrogen and oxygen atoms in total. The number of nitrogens with one attached hydrogen (secondary N) is 2. The third-order valence-corrected chi connectivity index (χ3v) is 4.53. The summed E-state index contributed by atoms with van der Waals surface area (Å²) in [5.41, 5.74) is 0. The molecular weight excluding hydrogens is 268 g/mol. The number of hydrogen-bond acceptors (Lipinski definition) is 2. The number of hydrogen-bond donors (Lipinski definition) is 3. The molecule has 0 bridgehead atoms. The standard InChI is InChI=1S/C16H30N2O3/c1-3-13-5-7-14(8-6-13)18-16(21)17-11-10-12(2)4-9-15(19)20/h12-14H,3-11H2,1-2H3,(H,19,20)(H2,17,18,21). The maximum atomic E-state index is 11.8. The first-order valence-electron chi connectivity index (χ1n) is 8.27. The normalized spacial score (nSPS) is 23.3. The van der Waals surface area contributed by atoms with Crippen LogP contribution in [-0.4, -0.2) is 29.7 Å². The summed E-state index contributed by atoms with van der Waals surface area (Å²) >= 11 is 0. The van der Waals surface area contributed by atoms with E-state index in [0.29, 0.717) is 24.9 Å². The Balaban J connectivity index is 2.07. The number of carboxylic acid groups (broad SMARTS) is 1. The Morgan fingerprint density at radius 1 is 1.19 bits per heavy atom. The zero-order chi connectivity index (χ0) is 15.7.